The van der Waals surface area contributed by atoms with Gasteiger partial charge in [-0.2, -0.15) is 5.26 Å². The van der Waals surface area contributed by atoms with Crippen molar-refractivity contribution in [3.05, 3.63) is 51.5 Å². The number of carboxylic acid groups (broad SMARTS) is 1. The average Bonchev–Trinajstić information content (AvgIpc) is 2.84. The van der Waals surface area contributed by atoms with E-state index in [0.29, 0.717) is 5.56 Å². The molecule has 2 aromatic rings. The fourth-order valence-corrected chi connectivity index (χ4v) is 2.27. The Labute approximate surface area is 112 Å². The van der Waals surface area contributed by atoms with Crippen molar-refractivity contribution < 1.29 is 19.0 Å². The standard InChI is InChI=1S/C13H8FNO3S/c14-10-2-1-3-11(9(10)6-15)18-7-8-4-5-19-12(8)13(16)17/h1-5H,7H2,(H,16,17). The van der Waals surface area contributed by atoms with Gasteiger partial charge in [-0.15, -0.1) is 11.3 Å². The first-order valence-corrected chi connectivity index (χ1v) is 6.12. The van der Waals surface area contributed by atoms with E-state index in [0.717, 1.165) is 11.3 Å². The molecule has 0 aliphatic rings. The van der Waals surface area contributed by atoms with Crippen LogP contribution in [0.4, 0.5) is 4.39 Å². The molecule has 1 heterocycles. The number of carbonyl (C=O) groups is 1. The molecule has 4 nitrogen and oxygen atoms in total. The van der Waals surface area contributed by atoms with E-state index in [4.69, 9.17) is 15.1 Å². The van der Waals surface area contributed by atoms with Gasteiger partial charge in [0, 0.05) is 5.56 Å². The molecule has 2 rings (SSSR count). The normalized spacial score (nSPS) is 9.89. The van der Waals surface area contributed by atoms with Crippen LogP contribution in [0.5, 0.6) is 5.75 Å². The van der Waals surface area contributed by atoms with Crippen LogP contribution in [0.25, 0.3) is 0 Å². The van der Waals surface area contributed by atoms with E-state index >= 15 is 0 Å². The SMILES string of the molecule is N#Cc1c(F)cccc1OCc1ccsc1C(=O)O. The van der Waals surface area contributed by atoms with E-state index in [9.17, 15) is 9.18 Å². The molecule has 0 atom stereocenters. The van der Waals surface area contributed by atoms with E-state index in [-0.39, 0.29) is 22.8 Å². The second kappa shape index (κ2) is 5.50. The van der Waals surface area contributed by atoms with Crippen molar-refractivity contribution in [3.8, 4) is 11.8 Å². The number of ether oxygens (including phenoxy) is 1. The molecule has 0 spiro atoms. The lowest BCUT2D eigenvalue weighted by molar-refractivity contribution is 0.0699. The first kappa shape index (κ1) is 13.1. The third-order valence-electron chi connectivity index (χ3n) is 2.41. The van der Waals surface area contributed by atoms with Gasteiger partial charge in [-0.05, 0) is 23.6 Å². The molecule has 0 bridgehead atoms. The summed E-state index contributed by atoms with van der Waals surface area (Å²) >= 11 is 1.09. The number of hydrogen-bond acceptors (Lipinski definition) is 4. The van der Waals surface area contributed by atoms with E-state index in [1.165, 1.54) is 18.2 Å². The summed E-state index contributed by atoms with van der Waals surface area (Å²) < 4.78 is 18.7. The maximum absolute atomic E-state index is 13.3. The van der Waals surface area contributed by atoms with Crippen LogP contribution in [0, 0.1) is 17.1 Å². The van der Waals surface area contributed by atoms with Crippen LogP contribution in [-0.2, 0) is 6.61 Å². The minimum atomic E-state index is -1.03. The highest BCUT2D eigenvalue weighted by Gasteiger charge is 2.14. The van der Waals surface area contributed by atoms with Gasteiger partial charge >= 0.3 is 5.97 Å². The molecule has 0 unspecified atom stereocenters. The third-order valence-corrected chi connectivity index (χ3v) is 3.36. The number of aromatic carboxylic acids is 1. The van der Waals surface area contributed by atoms with Crippen molar-refractivity contribution >= 4 is 17.3 Å². The lowest BCUT2D eigenvalue weighted by Crippen LogP contribution is -2.03. The van der Waals surface area contributed by atoms with Gasteiger partial charge in [0.05, 0.1) is 0 Å². The highest BCUT2D eigenvalue weighted by Crippen LogP contribution is 2.23. The van der Waals surface area contributed by atoms with Crippen LogP contribution in [0.2, 0.25) is 0 Å². The number of nitrogens with zero attached hydrogens (tertiary/aromatic N) is 1. The zero-order chi connectivity index (χ0) is 13.8. The highest BCUT2D eigenvalue weighted by molar-refractivity contribution is 7.12. The van der Waals surface area contributed by atoms with Gasteiger partial charge in [0.2, 0.25) is 0 Å². The van der Waals surface area contributed by atoms with Crippen molar-refractivity contribution in [3.63, 3.8) is 0 Å². The van der Waals surface area contributed by atoms with Crippen molar-refractivity contribution in [2.24, 2.45) is 0 Å². The lowest BCUT2D eigenvalue weighted by atomic mass is 10.2. The minimum Gasteiger partial charge on any atom is -0.487 e. The quantitative estimate of drug-likeness (QED) is 0.932. The maximum Gasteiger partial charge on any atom is 0.346 e. The van der Waals surface area contributed by atoms with Gasteiger partial charge in [0.15, 0.2) is 0 Å². The lowest BCUT2D eigenvalue weighted by Gasteiger charge is -2.07. The van der Waals surface area contributed by atoms with Crippen LogP contribution in [-0.4, -0.2) is 11.1 Å². The molecule has 1 N–H and O–H groups in total. The first-order valence-electron chi connectivity index (χ1n) is 5.24. The number of thiophene rings is 1. The fourth-order valence-electron chi connectivity index (χ4n) is 1.53. The number of halogens is 1. The molecule has 0 saturated carbocycles. The summed E-state index contributed by atoms with van der Waals surface area (Å²) in [7, 11) is 0. The second-order valence-corrected chi connectivity index (χ2v) is 4.51. The van der Waals surface area contributed by atoms with E-state index in [1.54, 1.807) is 17.5 Å². The molecule has 0 radical (unpaired) electrons. The molecule has 0 amide bonds. The topological polar surface area (TPSA) is 70.3 Å². The van der Waals surface area contributed by atoms with Crippen molar-refractivity contribution in [2.75, 3.05) is 0 Å². The van der Waals surface area contributed by atoms with E-state index in [1.807, 2.05) is 0 Å². The molecule has 1 aromatic heterocycles. The number of hydrogen-bond donors (Lipinski definition) is 1. The highest BCUT2D eigenvalue weighted by atomic mass is 32.1. The summed E-state index contributed by atoms with van der Waals surface area (Å²) in [4.78, 5) is 11.1. The fraction of sp³-hybridized carbons (Fsp3) is 0.0769. The van der Waals surface area contributed by atoms with Gasteiger partial charge in [-0.1, -0.05) is 6.07 Å². The zero-order valence-corrected chi connectivity index (χ0v) is 10.4. The van der Waals surface area contributed by atoms with Gasteiger partial charge in [0.25, 0.3) is 0 Å². The smallest absolute Gasteiger partial charge is 0.346 e. The van der Waals surface area contributed by atoms with Crippen LogP contribution < -0.4 is 4.74 Å². The van der Waals surface area contributed by atoms with Crippen LogP contribution in [0.3, 0.4) is 0 Å². The molecule has 0 fully saturated rings. The summed E-state index contributed by atoms with van der Waals surface area (Å²) in [6.45, 7) is -0.0245. The minimum absolute atomic E-state index is 0.0245. The third kappa shape index (κ3) is 2.72. The largest absolute Gasteiger partial charge is 0.487 e. The summed E-state index contributed by atoms with van der Waals surface area (Å²) in [5.41, 5.74) is 0.306. The maximum atomic E-state index is 13.3. The summed E-state index contributed by atoms with van der Waals surface area (Å²) in [6.07, 6.45) is 0. The number of nitriles is 1. The van der Waals surface area contributed by atoms with E-state index < -0.39 is 11.8 Å². The first-order chi connectivity index (χ1) is 9.13. The predicted molar refractivity (Wildman–Crippen MR) is 66.7 cm³/mol. The van der Waals surface area contributed by atoms with E-state index in [2.05, 4.69) is 0 Å². The molecule has 6 heteroatoms. The summed E-state index contributed by atoms with van der Waals surface area (Å²) in [5, 5.41) is 19.4. The summed E-state index contributed by atoms with van der Waals surface area (Å²) in [6, 6.07) is 7.40. The molecular formula is C13H8FNO3S. The summed E-state index contributed by atoms with van der Waals surface area (Å²) in [5.74, 6) is -1.60. The van der Waals surface area contributed by atoms with Crippen molar-refractivity contribution in [1.82, 2.24) is 0 Å². The molecular weight excluding hydrogens is 269 g/mol. The molecule has 96 valence electrons. The number of rotatable bonds is 4. The Kier molecular flexibility index (Phi) is 3.78. The Morgan fingerprint density at radius 2 is 2.26 bits per heavy atom. The molecule has 19 heavy (non-hydrogen) atoms. The number of carboxylic acids is 1. The Balaban J connectivity index is 2.20. The molecule has 0 aliphatic heterocycles. The van der Waals surface area contributed by atoms with Crippen LogP contribution in [0.15, 0.2) is 29.6 Å². The Morgan fingerprint density at radius 1 is 1.47 bits per heavy atom. The van der Waals surface area contributed by atoms with Crippen molar-refractivity contribution in [2.45, 2.75) is 6.61 Å². The molecule has 0 saturated heterocycles. The van der Waals surface area contributed by atoms with Gasteiger partial charge in [-0.25, -0.2) is 9.18 Å². The Bertz CT molecular complexity index is 660. The number of benzene rings is 1. The van der Waals surface area contributed by atoms with Crippen molar-refractivity contribution in [1.29, 1.82) is 5.26 Å². The monoisotopic (exact) mass is 277 g/mol. The van der Waals surface area contributed by atoms with Gasteiger partial charge in [-0.3, -0.25) is 0 Å². The average molecular weight is 277 g/mol. The molecule has 1 aromatic carbocycles. The Morgan fingerprint density at radius 3 is 2.95 bits per heavy atom. The zero-order valence-electron chi connectivity index (χ0n) is 9.59. The van der Waals surface area contributed by atoms with Gasteiger partial charge < -0.3 is 9.84 Å². The van der Waals surface area contributed by atoms with Crippen LogP contribution in [0.1, 0.15) is 20.8 Å². The van der Waals surface area contributed by atoms with Gasteiger partial charge in [0.1, 0.15) is 34.7 Å². The second-order valence-electron chi connectivity index (χ2n) is 3.59. The molecule has 0 aliphatic carbocycles. The predicted octanol–water partition coefficient (Wildman–Crippen LogP) is 3.04. The van der Waals surface area contributed by atoms with Crippen LogP contribution >= 0.6 is 11.3 Å². The Hall–Kier alpha value is -2.39.